The molecule has 3 N–H and O–H groups in total. The molecule has 0 fully saturated rings. The molecule has 0 spiro atoms. The van der Waals surface area contributed by atoms with E-state index in [0.717, 1.165) is 29.7 Å². The maximum Gasteiger partial charge on any atom is 0.256 e. The number of amides is 1. The van der Waals surface area contributed by atoms with E-state index >= 15 is 0 Å². The first-order valence-electron chi connectivity index (χ1n) is 11.7. The zero-order chi connectivity index (χ0) is 25.2. The Hall–Kier alpha value is -4.47. The fourth-order valence-corrected chi connectivity index (χ4v) is 4.50. The Morgan fingerprint density at radius 1 is 1.14 bits per heavy atom. The maximum atomic E-state index is 12.7. The average Bonchev–Trinajstić information content (AvgIpc) is 3.29. The molecule has 36 heavy (non-hydrogen) atoms. The van der Waals surface area contributed by atoms with Crippen LogP contribution in [0.4, 0.5) is 23.1 Å². The Bertz CT molecular complexity index is 1430. The van der Waals surface area contributed by atoms with Gasteiger partial charge in [0.25, 0.3) is 5.91 Å². The molecule has 3 heterocycles. The Morgan fingerprint density at radius 2 is 1.97 bits per heavy atom. The van der Waals surface area contributed by atoms with Crippen molar-refractivity contribution in [1.82, 2.24) is 30.0 Å². The summed E-state index contributed by atoms with van der Waals surface area (Å²) in [6, 6.07) is 12.3. The second kappa shape index (κ2) is 9.65. The molecule has 1 unspecified atom stereocenters. The van der Waals surface area contributed by atoms with Gasteiger partial charge in [-0.2, -0.15) is 10.1 Å². The van der Waals surface area contributed by atoms with Crippen molar-refractivity contribution >= 4 is 29.0 Å². The Balaban J connectivity index is 1.71. The number of rotatable bonds is 3. The topological polar surface area (TPSA) is 119 Å². The number of benzene rings is 2. The number of ether oxygens (including phenoxy) is 1. The highest BCUT2D eigenvalue weighted by Gasteiger charge is 2.21. The summed E-state index contributed by atoms with van der Waals surface area (Å²) in [5.74, 6) is 1.90. The smallest absolute Gasteiger partial charge is 0.256 e. The van der Waals surface area contributed by atoms with E-state index in [9.17, 15) is 4.79 Å². The van der Waals surface area contributed by atoms with Crippen LogP contribution in [0.3, 0.4) is 0 Å². The molecule has 0 saturated heterocycles. The number of nitrogens with zero attached hydrogens (tertiary/aromatic N) is 5. The van der Waals surface area contributed by atoms with Gasteiger partial charge in [-0.05, 0) is 54.2 Å². The first-order chi connectivity index (χ1) is 17.4. The van der Waals surface area contributed by atoms with E-state index in [2.05, 4.69) is 61.1 Å². The predicted molar refractivity (Wildman–Crippen MR) is 138 cm³/mol. The van der Waals surface area contributed by atoms with Crippen LogP contribution in [0, 0.1) is 5.92 Å². The van der Waals surface area contributed by atoms with E-state index in [4.69, 9.17) is 4.74 Å². The molecule has 0 aliphatic carbocycles. The number of nitrogens with one attached hydrogen (secondary N) is 3. The molecule has 0 radical (unpaired) electrons. The molecule has 4 aromatic rings. The minimum atomic E-state index is -0.303. The molecule has 1 amide bonds. The van der Waals surface area contributed by atoms with Crippen LogP contribution < -0.4 is 20.7 Å². The van der Waals surface area contributed by atoms with Crippen molar-refractivity contribution in [3.05, 3.63) is 65.6 Å². The molecule has 2 aromatic carbocycles. The third kappa shape index (κ3) is 4.70. The number of carbonyl (C=O) groups is 1. The molecule has 6 bridgehead atoms. The van der Waals surface area contributed by atoms with Crippen LogP contribution in [0.25, 0.3) is 11.4 Å². The minimum Gasteiger partial charge on any atom is -0.494 e. The van der Waals surface area contributed by atoms with Crippen molar-refractivity contribution in [3.63, 3.8) is 0 Å². The highest BCUT2D eigenvalue weighted by molar-refractivity contribution is 5.99. The predicted octanol–water partition coefficient (Wildman–Crippen LogP) is 3.86. The van der Waals surface area contributed by atoms with Crippen molar-refractivity contribution in [3.8, 4) is 17.1 Å². The highest BCUT2D eigenvalue weighted by Crippen LogP contribution is 2.39. The van der Waals surface area contributed by atoms with Gasteiger partial charge in [0, 0.05) is 26.0 Å². The zero-order valence-electron chi connectivity index (χ0n) is 20.7. The number of hydrogen-bond acceptors (Lipinski definition) is 8. The first kappa shape index (κ1) is 23.3. The van der Waals surface area contributed by atoms with Gasteiger partial charge in [-0.1, -0.05) is 19.1 Å². The normalized spacial score (nSPS) is 14.7. The molecule has 1 aliphatic rings. The van der Waals surface area contributed by atoms with Crippen molar-refractivity contribution in [2.45, 2.75) is 19.8 Å². The highest BCUT2D eigenvalue weighted by atomic mass is 16.5. The largest absolute Gasteiger partial charge is 0.494 e. The summed E-state index contributed by atoms with van der Waals surface area (Å²) in [4.78, 5) is 26.1. The van der Waals surface area contributed by atoms with E-state index in [1.165, 1.54) is 11.8 Å². The molecule has 0 saturated carbocycles. The molecule has 2 aromatic heterocycles. The second-order valence-corrected chi connectivity index (χ2v) is 8.96. The number of anilines is 4. The average molecular weight is 485 g/mol. The lowest BCUT2D eigenvalue weighted by atomic mass is 9.92. The summed E-state index contributed by atoms with van der Waals surface area (Å²) in [7, 11) is 5.00. The summed E-state index contributed by atoms with van der Waals surface area (Å²) in [6.07, 6.45) is 4.89. The molecule has 10 nitrogen and oxygen atoms in total. The number of aromatic nitrogens is 5. The summed E-state index contributed by atoms with van der Waals surface area (Å²) in [6.45, 7) is 2.23. The van der Waals surface area contributed by atoms with Crippen LogP contribution >= 0.6 is 0 Å². The molecular weight excluding hydrogens is 456 g/mol. The summed E-state index contributed by atoms with van der Waals surface area (Å²) in [5.41, 5.74) is 4.92. The fraction of sp³-hybridized carbons (Fsp3) is 0.269. The van der Waals surface area contributed by atoms with E-state index < -0.39 is 0 Å². The van der Waals surface area contributed by atoms with Crippen molar-refractivity contribution < 1.29 is 9.53 Å². The Morgan fingerprint density at radius 3 is 2.72 bits per heavy atom. The Kier molecular flexibility index (Phi) is 6.24. The van der Waals surface area contributed by atoms with Crippen LogP contribution in [-0.4, -0.2) is 44.8 Å². The van der Waals surface area contributed by atoms with Crippen molar-refractivity contribution in [2.75, 3.05) is 24.8 Å². The summed E-state index contributed by atoms with van der Waals surface area (Å²) >= 11 is 0. The molecular formula is C26H28N8O2. The van der Waals surface area contributed by atoms with Gasteiger partial charge in [-0.3, -0.25) is 9.48 Å². The standard InChI is InChI=1S/C26H28N8O2/c1-15-8-16-6-5-7-18(10-16)30-26-28-13-20(25(35)27-2)24(32-26)31-21-12-17(9-15)11-19(22(21)36-4)23-29-14-34(3)33-23/h5-7,10-15H,8-9H2,1-4H3,(H,27,35)(H2,28,30,31,32). The number of hydrogen-bond donors (Lipinski definition) is 3. The zero-order valence-corrected chi connectivity index (χ0v) is 20.7. The lowest BCUT2D eigenvalue weighted by molar-refractivity contribution is 0.0963. The number of methoxy groups -OCH3 is 1. The molecule has 10 heteroatoms. The van der Waals surface area contributed by atoms with Gasteiger partial charge in [-0.15, -0.1) is 0 Å². The van der Waals surface area contributed by atoms with Crippen LogP contribution in [0.15, 0.2) is 48.9 Å². The SMILES string of the molecule is CNC(=O)c1cnc2nc1Nc1cc(cc(-c3ncn(C)n3)c1OC)CC(C)Cc1cccc(c1)N2. The third-order valence-corrected chi connectivity index (χ3v) is 6.06. The fourth-order valence-electron chi connectivity index (χ4n) is 4.50. The van der Waals surface area contributed by atoms with Crippen molar-refractivity contribution in [1.29, 1.82) is 0 Å². The maximum absolute atomic E-state index is 12.7. The van der Waals surface area contributed by atoms with Gasteiger partial charge in [0.1, 0.15) is 17.7 Å². The Labute approximate surface area is 209 Å². The van der Waals surface area contributed by atoms with Gasteiger partial charge in [0.05, 0.1) is 18.4 Å². The molecule has 1 aliphatic heterocycles. The van der Waals surface area contributed by atoms with Gasteiger partial charge in [-0.25, -0.2) is 9.97 Å². The molecule has 1 atom stereocenters. The molecule has 184 valence electrons. The van der Waals surface area contributed by atoms with Crippen LogP contribution in [0.1, 0.15) is 28.4 Å². The van der Waals surface area contributed by atoms with Gasteiger partial charge >= 0.3 is 0 Å². The van der Waals surface area contributed by atoms with Gasteiger partial charge in [0.2, 0.25) is 5.95 Å². The number of aryl methyl sites for hydroxylation is 1. The number of fused-ring (bicyclic) bond motifs is 6. The quantitative estimate of drug-likeness (QED) is 0.401. The van der Waals surface area contributed by atoms with Crippen LogP contribution in [-0.2, 0) is 19.9 Å². The van der Waals surface area contributed by atoms with Crippen LogP contribution in [0.5, 0.6) is 5.75 Å². The van der Waals surface area contributed by atoms with E-state index in [1.807, 2.05) is 25.2 Å². The summed E-state index contributed by atoms with van der Waals surface area (Å²) in [5, 5.41) is 13.8. The lowest BCUT2D eigenvalue weighted by Gasteiger charge is -2.20. The van der Waals surface area contributed by atoms with Gasteiger partial charge in [0.15, 0.2) is 11.6 Å². The number of carbonyl (C=O) groups excluding carboxylic acids is 1. The molecule has 5 rings (SSSR count). The van der Waals surface area contributed by atoms with Gasteiger partial charge < -0.3 is 20.7 Å². The lowest BCUT2D eigenvalue weighted by Crippen LogP contribution is -2.20. The first-order valence-corrected chi connectivity index (χ1v) is 11.7. The second-order valence-electron chi connectivity index (χ2n) is 8.96. The van der Waals surface area contributed by atoms with Crippen LogP contribution in [0.2, 0.25) is 0 Å². The monoisotopic (exact) mass is 484 g/mol. The van der Waals surface area contributed by atoms with E-state index in [1.54, 1.807) is 25.2 Å². The summed E-state index contributed by atoms with van der Waals surface area (Å²) < 4.78 is 7.49. The minimum absolute atomic E-state index is 0.303. The van der Waals surface area contributed by atoms with E-state index in [-0.39, 0.29) is 5.91 Å². The third-order valence-electron chi connectivity index (χ3n) is 6.06. The van der Waals surface area contributed by atoms with Crippen molar-refractivity contribution in [2.24, 2.45) is 13.0 Å². The van der Waals surface area contributed by atoms with E-state index in [0.29, 0.717) is 40.5 Å².